The molecule has 3 saturated heterocycles. The molecule has 7 atom stereocenters. The first-order valence-corrected chi connectivity index (χ1v) is 13.4. The van der Waals surface area contributed by atoms with Crippen LogP contribution in [-0.4, -0.2) is 118 Å². The highest BCUT2D eigenvalue weighted by molar-refractivity contribution is 5.79. The predicted molar refractivity (Wildman–Crippen MR) is 134 cm³/mol. The zero-order chi connectivity index (χ0) is 25.8. The van der Waals surface area contributed by atoms with Gasteiger partial charge in [0.05, 0.1) is 24.4 Å². The molecule has 0 aromatic carbocycles. The van der Waals surface area contributed by atoms with E-state index < -0.39 is 6.17 Å². The van der Waals surface area contributed by atoms with Gasteiger partial charge in [0.2, 0.25) is 11.8 Å². The molecule has 7 unspecified atom stereocenters. The Morgan fingerprint density at radius 3 is 2.47 bits per heavy atom. The minimum atomic E-state index is -0.872. The summed E-state index contributed by atoms with van der Waals surface area (Å²) in [7, 11) is 3.41. The molecule has 0 spiro atoms. The van der Waals surface area contributed by atoms with Gasteiger partial charge in [-0.15, -0.1) is 0 Å². The van der Waals surface area contributed by atoms with Crippen molar-refractivity contribution in [3.63, 3.8) is 0 Å². The first-order chi connectivity index (χ1) is 17.3. The van der Waals surface area contributed by atoms with Crippen LogP contribution in [-0.2, 0) is 14.3 Å². The van der Waals surface area contributed by atoms with E-state index in [1.807, 2.05) is 4.90 Å². The third kappa shape index (κ3) is 6.17. The van der Waals surface area contributed by atoms with E-state index >= 15 is 0 Å². The smallest absolute Gasteiger partial charge is 0.227 e. The monoisotopic (exact) mass is 512 g/mol. The maximum absolute atomic E-state index is 13.7. The molecule has 1 aliphatic carbocycles. The normalized spacial score (nSPS) is 40.6. The average molecular weight is 513 g/mol. The van der Waals surface area contributed by atoms with E-state index in [1.54, 1.807) is 21.1 Å². The zero-order valence-electron chi connectivity index (χ0n) is 22.1. The van der Waals surface area contributed by atoms with Crippen LogP contribution in [0.1, 0.15) is 33.1 Å². The Kier molecular flexibility index (Phi) is 9.53. The van der Waals surface area contributed by atoms with Crippen molar-refractivity contribution in [1.29, 1.82) is 0 Å². The first-order valence-electron chi connectivity index (χ1n) is 13.4. The van der Waals surface area contributed by atoms with Crippen LogP contribution in [0, 0.1) is 11.8 Å². The number of carbonyl (C=O) groups excluding carboxylic acids is 2. The number of hydrogen-bond donors (Lipinski definition) is 6. The molecular weight excluding hydrogens is 467 g/mol. The summed E-state index contributed by atoms with van der Waals surface area (Å²) < 4.78 is 19.7. The second kappa shape index (κ2) is 12.4. The van der Waals surface area contributed by atoms with E-state index in [4.69, 9.17) is 4.74 Å². The number of hydrogen-bond acceptors (Lipinski definition) is 9. The van der Waals surface area contributed by atoms with E-state index in [-0.39, 0.29) is 60.5 Å². The van der Waals surface area contributed by atoms with Crippen molar-refractivity contribution in [2.24, 2.45) is 11.8 Å². The van der Waals surface area contributed by atoms with Crippen LogP contribution in [0.5, 0.6) is 0 Å². The minimum absolute atomic E-state index is 0.00781. The van der Waals surface area contributed by atoms with Crippen LogP contribution in [0.4, 0.5) is 4.39 Å². The molecule has 0 aromatic heterocycles. The summed E-state index contributed by atoms with van der Waals surface area (Å²) in [6, 6.07) is 0.231. The summed E-state index contributed by atoms with van der Waals surface area (Å²) in [6.45, 7) is 7.12. The summed E-state index contributed by atoms with van der Waals surface area (Å²) in [5.41, 5.74) is 0. The minimum Gasteiger partial charge on any atom is -0.379 e. The summed E-state index contributed by atoms with van der Waals surface area (Å²) in [5, 5.41) is 20.4. The molecule has 4 fully saturated rings. The van der Waals surface area contributed by atoms with Gasteiger partial charge in [0.15, 0.2) is 0 Å². The van der Waals surface area contributed by atoms with Gasteiger partial charge in [0.25, 0.3) is 0 Å². The fourth-order valence-corrected chi connectivity index (χ4v) is 6.41. The Morgan fingerprint density at radius 2 is 1.83 bits per heavy atom. The number of ether oxygens (including phenoxy) is 1. The molecule has 4 aliphatic rings. The molecule has 0 aromatic rings. The maximum Gasteiger partial charge on any atom is 0.227 e. The molecule has 0 radical (unpaired) electrons. The van der Waals surface area contributed by atoms with Gasteiger partial charge in [-0.2, -0.15) is 0 Å². The topological polar surface area (TPSA) is 122 Å². The van der Waals surface area contributed by atoms with E-state index in [0.29, 0.717) is 32.7 Å². The lowest BCUT2D eigenvalue weighted by Gasteiger charge is -2.50. The van der Waals surface area contributed by atoms with Gasteiger partial charge in [0, 0.05) is 78.4 Å². The molecule has 3 heterocycles. The van der Waals surface area contributed by atoms with Crippen molar-refractivity contribution >= 4 is 11.8 Å². The largest absolute Gasteiger partial charge is 0.379 e. The Bertz CT molecular complexity index is 755. The van der Waals surface area contributed by atoms with Gasteiger partial charge in [0.1, 0.15) is 12.5 Å². The van der Waals surface area contributed by atoms with Crippen LogP contribution < -0.4 is 31.9 Å². The molecule has 2 amide bonds. The summed E-state index contributed by atoms with van der Waals surface area (Å²) >= 11 is 0. The van der Waals surface area contributed by atoms with Crippen LogP contribution in [0.3, 0.4) is 0 Å². The van der Waals surface area contributed by atoms with Crippen molar-refractivity contribution in [3.8, 4) is 0 Å². The number of halogens is 1. The number of carbonyl (C=O) groups is 2. The van der Waals surface area contributed by atoms with Gasteiger partial charge in [-0.1, -0.05) is 6.42 Å². The van der Waals surface area contributed by atoms with Gasteiger partial charge in [-0.3, -0.25) is 41.1 Å². The van der Waals surface area contributed by atoms with Crippen molar-refractivity contribution in [2.45, 2.75) is 76.1 Å². The van der Waals surface area contributed by atoms with Crippen LogP contribution in [0.15, 0.2) is 0 Å². The maximum atomic E-state index is 13.7. The third-order valence-electron chi connectivity index (χ3n) is 8.39. The van der Waals surface area contributed by atoms with Gasteiger partial charge in [-0.05, 0) is 19.8 Å². The van der Waals surface area contributed by atoms with Crippen LogP contribution >= 0.6 is 0 Å². The summed E-state index contributed by atoms with van der Waals surface area (Å²) in [4.78, 5) is 28.9. The highest BCUT2D eigenvalue weighted by Gasteiger charge is 2.44. The SMILES string of the molecule is CNC(=O)C1CNC(N2CCN(C(C)=O)CC2C)NC1NC1CCCC(C2NCC(F)CN2)C1OC. The lowest BCUT2D eigenvalue weighted by Crippen LogP contribution is -2.74. The fourth-order valence-electron chi connectivity index (χ4n) is 6.41. The van der Waals surface area contributed by atoms with Crippen molar-refractivity contribution in [1.82, 2.24) is 41.7 Å². The molecule has 3 aliphatic heterocycles. The quantitative estimate of drug-likeness (QED) is 0.248. The molecule has 4 rings (SSSR count). The van der Waals surface area contributed by atoms with Crippen LogP contribution in [0.25, 0.3) is 0 Å². The molecule has 206 valence electrons. The number of rotatable bonds is 6. The highest BCUT2D eigenvalue weighted by Crippen LogP contribution is 2.30. The summed E-state index contributed by atoms with van der Waals surface area (Å²) in [6.07, 6.45) is 1.67. The fraction of sp³-hybridized carbons (Fsp3) is 0.917. The second-order valence-electron chi connectivity index (χ2n) is 10.7. The lowest BCUT2D eigenvalue weighted by atomic mass is 9.80. The summed E-state index contributed by atoms with van der Waals surface area (Å²) in [5.74, 6) is -0.0152. The molecule has 12 heteroatoms. The first kappa shape index (κ1) is 27.6. The number of nitrogens with zero attached hydrogens (tertiary/aromatic N) is 2. The third-order valence-corrected chi connectivity index (χ3v) is 8.39. The number of piperazine rings is 1. The molecule has 36 heavy (non-hydrogen) atoms. The average Bonchev–Trinajstić information content (AvgIpc) is 2.88. The van der Waals surface area contributed by atoms with E-state index in [0.717, 1.165) is 25.8 Å². The number of nitrogens with one attached hydrogen (secondary N) is 6. The van der Waals surface area contributed by atoms with Crippen molar-refractivity contribution in [2.75, 3.05) is 53.4 Å². The standard InChI is InChI=1S/C24H45FN8O3/c1-14-13-32(15(2)34)8-9-33(14)24-29-12-18(23(35)26-3)22(31-24)30-19-7-5-6-17(20(19)36-4)21-27-10-16(25)11-28-21/h14,16-22,24,27-31H,5-13H2,1-4H3,(H,26,35). The molecule has 0 bridgehead atoms. The Morgan fingerprint density at radius 1 is 1.08 bits per heavy atom. The van der Waals surface area contributed by atoms with Gasteiger partial charge >= 0.3 is 0 Å². The van der Waals surface area contributed by atoms with Crippen molar-refractivity contribution < 1.29 is 18.7 Å². The van der Waals surface area contributed by atoms with Crippen molar-refractivity contribution in [3.05, 3.63) is 0 Å². The Balaban J connectivity index is 1.45. The molecular formula is C24H45FN8O3. The van der Waals surface area contributed by atoms with Crippen LogP contribution in [0.2, 0.25) is 0 Å². The van der Waals surface area contributed by atoms with E-state index in [2.05, 4.69) is 43.7 Å². The molecule has 11 nitrogen and oxygen atoms in total. The lowest BCUT2D eigenvalue weighted by molar-refractivity contribution is -0.134. The second-order valence-corrected chi connectivity index (χ2v) is 10.7. The predicted octanol–water partition coefficient (Wildman–Crippen LogP) is -1.67. The Hall–Kier alpha value is -1.41. The number of alkyl halides is 1. The van der Waals surface area contributed by atoms with Gasteiger partial charge < -0.3 is 15.0 Å². The van der Waals surface area contributed by atoms with E-state index in [1.165, 1.54) is 0 Å². The molecule has 1 saturated carbocycles. The molecule has 6 N–H and O–H groups in total. The number of amides is 2. The zero-order valence-corrected chi connectivity index (χ0v) is 22.1. The van der Waals surface area contributed by atoms with Gasteiger partial charge in [-0.25, -0.2) is 4.39 Å². The Labute approximate surface area is 214 Å². The van der Waals surface area contributed by atoms with E-state index in [9.17, 15) is 14.0 Å². The highest BCUT2D eigenvalue weighted by atomic mass is 19.1. The number of methoxy groups -OCH3 is 1.